The average Bonchev–Trinajstić information content (AvgIpc) is 2.98. The molecule has 0 saturated carbocycles. The molecule has 1 amide bonds. The van der Waals surface area contributed by atoms with Gasteiger partial charge in [0, 0.05) is 11.8 Å². The van der Waals surface area contributed by atoms with Crippen LogP contribution >= 0.6 is 0 Å². The highest BCUT2D eigenvalue weighted by Gasteiger charge is 2.12. The number of rotatable bonds is 5. The van der Waals surface area contributed by atoms with Gasteiger partial charge in [0.1, 0.15) is 23.2 Å². The molecule has 2 aromatic rings. The minimum Gasteiger partial charge on any atom is -0.462 e. The van der Waals surface area contributed by atoms with Crippen LogP contribution in [0.25, 0.3) is 6.08 Å². The monoisotopic (exact) mass is 324 g/mol. The van der Waals surface area contributed by atoms with Gasteiger partial charge in [0.25, 0.3) is 5.91 Å². The molecular formula is C18H16N2O4. The molecule has 0 fully saturated rings. The minimum absolute atomic E-state index is 0.0844. The minimum atomic E-state index is -0.560. The van der Waals surface area contributed by atoms with Gasteiger partial charge in [-0.05, 0) is 50.2 Å². The number of furan rings is 1. The van der Waals surface area contributed by atoms with Crippen molar-refractivity contribution in [3.8, 4) is 6.07 Å². The Labute approximate surface area is 139 Å². The van der Waals surface area contributed by atoms with Crippen LogP contribution < -0.4 is 5.32 Å². The topological polar surface area (TPSA) is 92.3 Å². The number of hydrogen-bond donors (Lipinski definition) is 1. The molecule has 1 N–H and O–H groups in total. The summed E-state index contributed by atoms with van der Waals surface area (Å²) in [5, 5.41) is 11.7. The molecule has 24 heavy (non-hydrogen) atoms. The Bertz CT molecular complexity index is 810. The summed E-state index contributed by atoms with van der Waals surface area (Å²) in [5.74, 6) is 0.127. The number of hydrogen-bond acceptors (Lipinski definition) is 5. The number of nitrogens with zero attached hydrogens (tertiary/aromatic N) is 1. The van der Waals surface area contributed by atoms with Crippen molar-refractivity contribution in [3.05, 3.63) is 59.1 Å². The van der Waals surface area contributed by atoms with Crippen LogP contribution in [-0.4, -0.2) is 18.5 Å². The summed E-state index contributed by atoms with van der Waals surface area (Å²) in [6.07, 6.45) is 1.37. The van der Waals surface area contributed by atoms with E-state index in [-0.39, 0.29) is 5.57 Å². The molecule has 1 aromatic carbocycles. The predicted molar refractivity (Wildman–Crippen MR) is 88.1 cm³/mol. The number of carbonyl (C=O) groups excluding carboxylic acids is 2. The molecule has 0 atom stereocenters. The first-order valence-corrected chi connectivity index (χ1v) is 7.30. The van der Waals surface area contributed by atoms with Crippen molar-refractivity contribution in [3.63, 3.8) is 0 Å². The molecule has 1 heterocycles. The number of nitrogens with one attached hydrogen (secondary N) is 1. The van der Waals surface area contributed by atoms with Gasteiger partial charge in [-0.15, -0.1) is 0 Å². The van der Waals surface area contributed by atoms with E-state index >= 15 is 0 Å². The summed E-state index contributed by atoms with van der Waals surface area (Å²) < 4.78 is 10.2. The normalized spacial score (nSPS) is 10.8. The van der Waals surface area contributed by atoms with Gasteiger partial charge in [0.05, 0.1) is 12.2 Å². The number of esters is 1. The van der Waals surface area contributed by atoms with Crippen molar-refractivity contribution >= 4 is 23.6 Å². The standard InChI is InChI=1S/C18H16N2O4/c1-3-23-18(22)13-5-7-15(8-6-13)20-17(21)14(11-19)10-16-9-4-12(2)24-16/h4-10H,3H2,1-2H3,(H,20,21)/b14-10+. The Morgan fingerprint density at radius 3 is 2.50 bits per heavy atom. The van der Waals surface area contributed by atoms with Gasteiger partial charge in [-0.25, -0.2) is 4.79 Å². The highest BCUT2D eigenvalue weighted by atomic mass is 16.5. The lowest BCUT2D eigenvalue weighted by molar-refractivity contribution is -0.112. The number of carbonyl (C=O) groups is 2. The summed E-state index contributed by atoms with van der Waals surface area (Å²) in [7, 11) is 0. The third-order valence-corrected chi connectivity index (χ3v) is 3.07. The molecule has 122 valence electrons. The van der Waals surface area contributed by atoms with Crippen LogP contribution in [0.5, 0.6) is 0 Å². The molecule has 0 unspecified atom stereocenters. The SMILES string of the molecule is CCOC(=O)c1ccc(NC(=O)/C(C#N)=C/c2ccc(C)o2)cc1. The molecular weight excluding hydrogens is 308 g/mol. The van der Waals surface area contributed by atoms with Gasteiger partial charge >= 0.3 is 5.97 Å². The molecule has 0 radical (unpaired) electrons. The lowest BCUT2D eigenvalue weighted by Gasteiger charge is -2.05. The van der Waals surface area contributed by atoms with Crippen molar-refractivity contribution in [2.75, 3.05) is 11.9 Å². The molecule has 0 spiro atoms. The van der Waals surface area contributed by atoms with Gasteiger partial charge in [-0.2, -0.15) is 5.26 Å². The second-order valence-corrected chi connectivity index (χ2v) is 4.87. The van der Waals surface area contributed by atoms with E-state index in [1.807, 2.05) is 6.07 Å². The van der Waals surface area contributed by atoms with Crippen LogP contribution in [-0.2, 0) is 9.53 Å². The van der Waals surface area contributed by atoms with Gasteiger partial charge in [0.15, 0.2) is 0 Å². The third kappa shape index (κ3) is 4.34. The van der Waals surface area contributed by atoms with Crippen molar-refractivity contribution < 1.29 is 18.7 Å². The van der Waals surface area contributed by atoms with Crippen LogP contribution in [0, 0.1) is 18.3 Å². The van der Waals surface area contributed by atoms with Crippen LogP contribution in [0.15, 0.2) is 46.4 Å². The van der Waals surface area contributed by atoms with Crippen molar-refractivity contribution in [2.45, 2.75) is 13.8 Å². The van der Waals surface area contributed by atoms with E-state index in [4.69, 9.17) is 14.4 Å². The lowest BCUT2D eigenvalue weighted by atomic mass is 10.2. The highest BCUT2D eigenvalue weighted by molar-refractivity contribution is 6.09. The number of aryl methyl sites for hydroxylation is 1. The van der Waals surface area contributed by atoms with Gasteiger partial charge in [-0.1, -0.05) is 0 Å². The molecule has 0 aliphatic carbocycles. The highest BCUT2D eigenvalue weighted by Crippen LogP contribution is 2.14. The predicted octanol–water partition coefficient (Wildman–Crippen LogP) is 3.31. The van der Waals surface area contributed by atoms with E-state index < -0.39 is 11.9 Å². The Morgan fingerprint density at radius 2 is 1.96 bits per heavy atom. The first kappa shape index (κ1) is 17.0. The van der Waals surface area contributed by atoms with Gasteiger partial charge < -0.3 is 14.5 Å². The second-order valence-electron chi connectivity index (χ2n) is 4.87. The summed E-state index contributed by atoms with van der Waals surface area (Å²) in [6.45, 7) is 3.79. The zero-order valence-corrected chi connectivity index (χ0v) is 13.3. The smallest absolute Gasteiger partial charge is 0.338 e. The van der Waals surface area contributed by atoms with Gasteiger partial charge in [-0.3, -0.25) is 4.79 Å². The quantitative estimate of drug-likeness (QED) is 0.517. The van der Waals surface area contributed by atoms with Crippen LogP contribution in [0.2, 0.25) is 0 Å². The summed E-state index contributed by atoms with van der Waals surface area (Å²) in [6, 6.07) is 11.5. The summed E-state index contributed by atoms with van der Waals surface area (Å²) >= 11 is 0. The number of benzene rings is 1. The van der Waals surface area contributed by atoms with Crippen LogP contribution in [0.1, 0.15) is 28.8 Å². The second kappa shape index (κ2) is 7.79. The number of nitriles is 1. The van der Waals surface area contributed by atoms with Crippen molar-refractivity contribution in [2.24, 2.45) is 0 Å². The van der Waals surface area contributed by atoms with E-state index in [2.05, 4.69) is 5.32 Å². The molecule has 2 rings (SSSR count). The Kier molecular flexibility index (Phi) is 5.53. The number of amides is 1. The first-order chi connectivity index (χ1) is 11.5. The number of ether oxygens (including phenoxy) is 1. The maximum atomic E-state index is 12.1. The largest absolute Gasteiger partial charge is 0.462 e. The number of anilines is 1. The third-order valence-electron chi connectivity index (χ3n) is 3.07. The molecule has 0 saturated heterocycles. The van der Waals surface area contributed by atoms with E-state index in [9.17, 15) is 9.59 Å². The fourth-order valence-corrected chi connectivity index (χ4v) is 1.92. The molecule has 1 aromatic heterocycles. The first-order valence-electron chi connectivity index (χ1n) is 7.30. The van der Waals surface area contributed by atoms with Crippen molar-refractivity contribution in [1.82, 2.24) is 0 Å². The summed E-state index contributed by atoms with van der Waals surface area (Å²) in [5.41, 5.74) is 0.764. The van der Waals surface area contributed by atoms with E-state index in [1.165, 1.54) is 6.08 Å². The average molecular weight is 324 g/mol. The van der Waals surface area contributed by atoms with E-state index in [1.54, 1.807) is 50.2 Å². The molecule has 0 aliphatic heterocycles. The van der Waals surface area contributed by atoms with Crippen molar-refractivity contribution in [1.29, 1.82) is 5.26 Å². The Hall–Kier alpha value is -3.33. The van der Waals surface area contributed by atoms with E-state index in [0.29, 0.717) is 29.4 Å². The molecule has 0 bridgehead atoms. The summed E-state index contributed by atoms with van der Waals surface area (Å²) in [4.78, 5) is 23.7. The Morgan fingerprint density at radius 1 is 1.25 bits per heavy atom. The van der Waals surface area contributed by atoms with Gasteiger partial charge in [0.2, 0.25) is 0 Å². The molecule has 6 nitrogen and oxygen atoms in total. The van der Waals surface area contributed by atoms with Crippen LogP contribution in [0.4, 0.5) is 5.69 Å². The lowest BCUT2D eigenvalue weighted by Crippen LogP contribution is -2.13. The fraction of sp³-hybridized carbons (Fsp3) is 0.167. The maximum Gasteiger partial charge on any atom is 0.338 e. The molecule has 0 aliphatic rings. The maximum absolute atomic E-state index is 12.1. The zero-order chi connectivity index (χ0) is 17.5. The Balaban J connectivity index is 2.09. The molecule has 6 heteroatoms. The zero-order valence-electron chi connectivity index (χ0n) is 13.3. The van der Waals surface area contributed by atoms with Crippen LogP contribution in [0.3, 0.4) is 0 Å². The fourth-order valence-electron chi connectivity index (χ4n) is 1.92. The van der Waals surface area contributed by atoms with E-state index in [0.717, 1.165) is 0 Å².